The molecule has 2 rings (SSSR count). The average molecular weight is 224 g/mol. The molecule has 0 unspecified atom stereocenters. The van der Waals surface area contributed by atoms with Crippen LogP contribution in [0.2, 0.25) is 0 Å². The molecule has 1 heterocycles. The van der Waals surface area contributed by atoms with Crippen LogP contribution in [0.1, 0.15) is 32.6 Å². The lowest BCUT2D eigenvalue weighted by Gasteiger charge is -2.40. The van der Waals surface area contributed by atoms with Gasteiger partial charge in [0.05, 0.1) is 0 Å². The fourth-order valence-corrected chi connectivity index (χ4v) is 2.03. The van der Waals surface area contributed by atoms with Crippen molar-refractivity contribution < 1.29 is 4.74 Å². The first-order valence-corrected chi connectivity index (χ1v) is 5.99. The van der Waals surface area contributed by atoms with Crippen LogP contribution in [0.25, 0.3) is 0 Å². The zero-order valence-corrected chi connectivity index (χ0v) is 10.1. The van der Waals surface area contributed by atoms with Gasteiger partial charge in [0.15, 0.2) is 0 Å². The van der Waals surface area contributed by atoms with Gasteiger partial charge < -0.3 is 10.1 Å². The molecule has 0 aliphatic heterocycles. The summed E-state index contributed by atoms with van der Waals surface area (Å²) in [6.45, 7) is 4.13. The summed E-state index contributed by atoms with van der Waals surface area (Å²) in [7, 11) is 1.85. The Kier molecular flexibility index (Phi) is 3.43. The Morgan fingerprint density at radius 2 is 2.38 bits per heavy atom. The summed E-state index contributed by atoms with van der Waals surface area (Å²) in [5.41, 5.74) is -0.0104. The molecule has 0 radical (unpaired) electrons. The largest absolute Gasteiger partial charge is 0.456 e. The smallest absolute Gasteiger partial charge is 0.335 e. The van der Waals surface area contributed by atoms with E-state index < -0.39 is 0 Å². The normalized spacial score (nSPS) is 18.1. The molecule has 90 valence electrons. The van der Waals surface area contributed by atoms with E-state index in [1.54, 1.807) is 11.0 Å². The second kappa shape index (κ2) is 4.82. The van der Waals surface area contributed by atoms with Crippen LogP contribution < -0.4 is 10.1 Å². The molecular formula is C11H20N4O. The zero-order chi connectivity index (χ0) is 11.4. The maximum Gasteiger partial charge on any atom is 0.335 e. The minimum atomic E-state index is -0.0104. The van der Waals surface area contributed by atoms with Crippen molar-refractivity contribution in [2.45, 2.75) is 38.2 Å². The number of aryl methyl sites for hydroxylation is 1. The molecule has 1 saturated carbocycles. The number of aromatic nitrogens is 3. The van der Waals surface area contributed by atoms with E-state index in [0.717, 1.165) is 32.4 Å². The van der Waals surface area contributed by atoms with Crippen LogP contribution in [0, 0.1) is 0 Å². The van der Waals surface area contributed by atoms with Crippen LogP contribution in [-0.2, 0) is 7.05 Å². The Bertz CT molecular complexity index is 332. The average Bonchev–Trinajstić information content (AvgIpc) is 2.60. The van der Waals surface area contributed by atoms with E-state index >= 15 is 0 Å². The summed E-state index contributed by atoms with van der Waals surface area (Å²) in [6, 6.07) is 0.513. The van der Waals surface area contributed by atoms with Crippen molar-refractivity contribution in [3.63, 3.8) is 0 Å². The summed E-state index contributed by atoms with van der Waals surface area (Å²) in [4.78, 5) is 4.12. The molecule has 0 aromatic carbocycles. The number of nitrogens with zero attached hydrogens (tertiary/aromatic N) is 3. The van der Waals surface area contributed by atoms with Crippen LogP contribution in [0.5, 0.6) is 6.01 Å². The summed E-state index contributed by atoms with van der Waals surface area (Å²) in [6.07, 6.45) is 6.21. The Balaban J connectivity index is 1.89. The number of ether oxygens (including phenoxy) is 1. The van der Waals surface area contributed by atoms with E-state index in [1.165, 1.54) is 6.42 Å². The number of hydrogen-bond donors (Lipinski definition) is 1. The molecule has 0 saturated heterocycles. The minimum Gasteiger partial charge on any atom is -0.456 e. The van der Waals surface area contributed by atoms with Crippen molar-refractivity contribution in [3.05, 3.63) is 6.33 Å². The van der Waals surface area contributed by atoms with Crippen LogP contribution in [-0.4, -0.2) is 33.5 Å². The second-order valence-corrected chi connectivity index (χ2v) is 4.44. The Hall–Kier alpha value is -1.10. The van der Waals surface area contributed by atoms with Gasteiger partial charge >= 0.3 is 6.01 Å². The zero-order valence-electron chi connectivity index (χ0n) is 10.1. The van der Waals surface area contributed by atoms with Gasteiger partial charge in [0.25, 0.3) is 0 Å². The molecule has 5 nitrogen and oxygen atoms in total. The van der Waals surface area contributed by atoms with Crippen LogP contribution in [0.3, 0.4) is 0 Å². The van der Waals surface area contributed by atoms with Crippen molar-refractivity contribution in [1.82, 2.24) is 20.1 Å². The van der Waals surface area contributed by atoms with Crippen LogP contribution in [0.15, 0.2) is 6.33 Å². The molecule has 1 N–H and O–H groups in total. The van der Waals surface area contributed by atoms with Gasteiger partial charge in [0, 0.05) is 7.05 Å². The van der Waals surface area contributed by atoms with Gasteiger partial charge in [-0.3, -0.25) is 4.68 Å². The van der Waals surface area contributed by atoms with Gasteiger partial charge in [0.2, 0.25) is 0 Å². The maximum absolute atomic E-state index is 5.92. The van der Waals surface area contributed by atoms with Gasteiger partial charge in [-0.05, 0) is 38.8 Å². The highest BCUT2D eigenvalue weighted by Gasteiger charge is 2.39. The number of rotatable bonds is 6. The maximum atomic E-state index is 5.92. The van der Waals surface area contributed by atoms with Crippen LogP contribution >= 0.6 is 0 Å². The predicted octanol–water partition coefficient (Wildman–Crippen LogP) is 1.12. The molecule has 16 heavy (non-hydrogen) atoms. The number of nitrogens with one attached hydrogen (secondary N) is 1. The monoisotopic (exact) mass is 224 g/mol. The topological polar surface area (TPSA) is 52.0 Å². The molecule has 5 heteroatoms. The molecule has 1 aliphatic carbocycles. The number of hydrogen-bond acceptors (Lipinski definition) is 4. The molecule has 0 bridgehead atoms. The molecule has 0 spiro atoms. The lowest BCUT2D eigenvalue weighted by atomic mass is 9.77. The predicted molar refractivity (Wildman–Crippen MR) is 61.4 cm³/mol. The first kappa shape index (κ1) is 11.4. The SMILES string of the molecule is CCNCCC1(Oc2ncn(C)n2)CCC1. The molecule has 1 aliphatic rings. The van der Waals surface area contributed by atoms with E-state index in [4.69, 9.17) is 4.74 Å². The van der Waals surface area contributed by atoms with E-state index in [2.05, 4.69) is 22.3 Å². The fraction of sp³-hybridized carbons (Fsp3) is 0.818. The Morgan fingerprint density at radius 3 is 2.88 bits per heavy atom. The Morgan fingerprint density at radius 1 is 1.56 bits per heavy atom. The van der Waals surface area contributed by atoms with Gasteiger partial charge in [-0.1, -0.05) is 6.92 Å². The lowest BCUT2D eigenvalue weighted by molar-refractivity contribution is -0.0217. The second-order valence-electron chi connectivity index (χ2n) is 4.44. The van der Waals surface area contributed by atoms with Crippen molar-refractivity contribution in [3.8, 4) is 6.01 Å². The van der Waals surface area contributed by atoms with Crippen molar-refractivity contribution >= 4 is 0 Å². The van der Waals surface area contributed by atoms with E-state index in [0.29, 0.717) is 6.01 Å². The van der Waals surface area contributed by atoms with Gasteiger partial charge in [-0.15, -0.1) is 5.10 Å². The standard InChI is InChI=1S/C11H20N4O/c1-3-12-8-7-11(5-4-6-11)16-10-13-9-15(2)14-10/h9,12H,3-8H2,1-2H3. The van der Waals surface area contributed by atoms with E-state index in [-0.39, 0.29) is 5.60 Å². The fourth-order valence-electron chi connectivity index (χ4n) is 2.03. The summed E-state index contributed by atoms with van der Waals surface area (Å²) < 4.78 is 7.59. The molecular weight excluding hydrogens is 204 g/mol. The molecule has 0 amide bonds. The van der Waals surface area contributed by atoms with Crippen LogP contribution in [0.4, 0.5) is 0 Å². The highest BCUT2D eigenvalue weighted by molar-refractivity contribution is 4.99. The first-order chi connectivity index (χ1) is 7.74. The van der Waals surface area contributed by atoms with E-state index in [1.807, 2.05) is 7.05 Å². The molecule has 1 fully saturated rings. The van der Waals surface area contributed by atoms with Crippen molar-refractivity contribution in [1.29, 1.82) is 0 Å². The van der Waals surface area contributed by atoms with Gasteiger partial charge in [0.1, 0.15) is 11.9 Å². The summed E-state index contributed by atoms with van der Waals surface area (Å²) in [5.74, 6) is 0. The first-order valence-electron chi connectivity index (χ1n) is 5.99. The molecule has 1 aromatic heterocycles. The summed E-state index contributed by atoms with van der Waals surface area (Å²) >= 11 is 0. The third kappa shape index (κ3) is 2.52. The van der Waals surface area contributed by atoms with E-state index in [9.17, 15) is 0 Å². The third-order valence-corrected chi connectivity index (χ3v) is 3.16. The van der Waals surface area contributed by atoms with Crippen molar-refractivity contribution in [2.75, 3.05) is 13.1 Å². The Labute approximate surface area is 96.2 Å². The quantitative estimate of drug-likeness (QED) is 0.736. The highest BCUT2D eigenvalue weighted by Crippen LogP contribution is 2.38. The lowest BCUT2D eigenvalue weighted by Crippen LogP contribution is -2.45. The van der Waals surface area contributed by atoms with Gasteiger partial charge in [-0.2, -0.15) is 4.98 Å². The summed E-state index contributed by atoms with van der Waals surface area (Å²) in [5, 5.41) is 7.51. The highest BCUT2D eigenvalue weighted by atomic mass is 16.5. The molecule has 1 aromatic rings. The van der Waals surface area contributed by atoms with Gasteiger partial charge in [-0.25, -0.2) is 0 Å². The minimum absolute atomic E-state index is 0.0104. The van der Waals surface area contributed by atoms with Crippen molar-refractivity contribution in [2.24, 2.45) is 7.05 Å². The molecule has 0 atom stereocenters. The third-order valence-electron chi connectivity index (χ3n) is 3.16.